The molecule has 0 bridgehead atoms. The highest BCUT2D eigenvalue weighted by atomic mass is 16.7. The normalized spacial score (nSPS) is 21.4. The second-order valence-corrected chi connectivity index (χ2v) is 12.3. The average Bonchev–Trinajstić information content (AvgIpc) is 3.17. The van der Waals surface area contributed by atoms with E-state index in [-0.39, 0.29) is 39.0 Å². The van der Waals surface area contributed by atoms with Crippen LogP contribution >= 0.6 is 0 Å². The Kier molecular flexibility index (Phi) is 10.4. The summed E-state index contributed by atoms with van der Waals surface area (Å²) in [4.78, 5) is 65.4. The quantitative estimate of drug-likeness (QED) is 0.270. The largest absolute Gasteiger partial charge is 0.509 e. The molecule has 3 amide bonds. The summed E-state index contributed by atoms with van der Waals surface area (Å²) in [5, 5.41) is 2.21. The van der Waals surface area contributed by atoms with Crippen LogP contribution in [-0.4, -0.2) is 103 Å². The number of likely N-dealkylation sites (tertiary alicyclic amines) is 1. The molecular weight excluding hydrogens is 550 g/mol. The van der Waals surface area contributed by atoms with Gasteiger partial charge in [0.05, 0.1) is 39.2 Å². The van der Waals surface area contributed by atoms with Crippen LogP contribution in [0, 0.1) is 0 Å². The predicted octanol–water partition coefficient (Wildman–Crippen LogP) is 2.44. The lowest BCUT2D eigenvalue weighted by Crippen LogP contribution is -2.51. The summed E-state index contributed by atoms with van der Waals surface area (Å²) in [6, 6.07) is 6.44. The number of amides is 3. The molecule has 2 fully saturated rings. The van der Waals surface area contributed by atoms with Crippen molar-refractivity contribution in [3.63, 3.8) is 0 Å². The Morgan fingerprint density at radius 1 is 0.905 bits per heavy atom. The molecular formula is C29H41N3O10. The van der Waals surface area contributed by atoms with Gasteiger partial charge in [-0.05, 0) is 65.7 Å². The van der Waals surface area contributed by atoms with Crippen molar-refractivity contribution in [2.45, 2.75) is 83.8 Å². The molecule has 1 N–H and O–H groups in total. The van der Waals surface area contributed by atoms with E-state index in [1.807, 2.05) is 12.1 Å². The smallest absolute Gasteiger partial charge is 0.497 e. The topological polar surface area (TPSA) is 150 Å². The van der Waals surface area contributed by atoms with Crippen LogP contribution in [0.15, 0.2) is 24.3 Å². The minimum absolute atomic E-state index is 0.0284. The van der Waals surface area contributed by atoms with Gasteiger partial charge in [0.2, 0.25) is 11.8 Å². The molecule has 0 unspecified atom stereocenters. The van der Waals surface area contributed by atoms with E-state index in [1.54, 1.807) is 60.8 Å². The molecule has 42 heavy (non-hydrogen) atoms. The van der Waals surface area contributed by atoms with Gasteiger partial charge in [-0.25, -0.2) is 9.59 Å². The maximum Gasteiger partial charge on any atom is 0.509 e. The van der Waals surface area contributed by atoms with Gasteiger partial charge in [-0.15, -0.1) is 0 Å². The van der Waals surface area contributed by atoms with E-state index >= 15 is 0 Å². The molecule has 0 aromatic heterocycles. The molecule has 13 heteroatoms. The number of nitrogens with zero attached hydrogens (tertiary/aromatic N) is 2. The van der Waals surface area contributed by atoms with Crippen molar-refractivity contribution in [3.05, 3.63) is 29.8 Å². The van der Waals surface area contributed by atoms with Crippen molar-refractivity contribution < 1.29 is 47.7 Å². The Labute approximate surface area is 245 Å². The van der Waals surface area contributed by atoms with E-state index < -0.39 is 59.5 Å². The summed E-state index contributed by atoms with van der Waals surface area (Å²) in [5.74, 6) is -0.905. The van der Waals surface area contributed by atoms with Crippen LogP contribution in [0.3, 0.4) is 0 Å². The lowest BCUT2D eigenvalue weighted by atomic mass is 10.0. The average molecular weight is 592 g/mol. The summed E-state index contributed by atoms with van der Waals surface area (Å²) >= 11 is 0. The molecule has 0 spiro atoms. The summed E-state index contributed by atoms with van der Waals surface area (Å²) in [6.45, 7) is 10.2. The van der Waals surface area contributed by atoms with E-state index in [0.717, 1.165) is 5.56 Å². The molecule has 3 rings (SSSR count). The number of esters is 1. The van der Waals surface area contributed by atoms with Crippen molar-refractivity contribution >= 4 is 30.0 Å². The van der Waals surface area contributed by atoms with Gasteiger partial charge in [0.1, 0.15) is 17.0 Å². The third-order valence-electron chi connectivity index (χ3n) is 6.30. The molecule has 0 aliphatic carbocycles. The Bertz CT molecular complexity index is 1140. The molecule has 3 atom stereocenters. The van der Waals surface area contributed by atoms with Crippen LogP contribution in [0.25, 0.3) is 0 Å². The molecule has 2 aliphatic heterocycles. The molecule has 2 saturated heterocycles. The van der Waals surface area contributed by atoms with Crippen LogP contribution in [0.4, 0.5) is 9.59 Å². The Balaban J connectivity index is 1.86. The van der Waals surface area contributed by atoms with Crippen molar-refractivity contribution in [1.82, 2.24) is 15.1 Å². The fourth-order valence-electron chi connectivity index (χ4n) is 4.59. The Morgan fingerprint density at radius 2 is 1.50 bits per heavy atom. The number of hydrogen-bond donors (Lipinski definition) is 1. The number of piperazine rings is 1. The molecule has 2 heterocycles. The first kappa shape index (κ1) is 32.6. The predicted molar refractivity (Wildman–Crippen MR) is 149 cm³/mol. The third kappa shape index (κ3) is 9.89. The van der Waals surface area contributed by atoms with E-state index in [0.29, 0.717) is 5.75 Å². The lowest BCUT2D eigenvalue weighted by Gasteiger charge is -2.30. The van der Waals surface area contributed by atoms with E-state index in [1.165, 1.54) is 9.80 Å². The number of hydrogen-bond acceptors (Lipinski definition) is 11. The fraction of sp³-hybridized carbons (Fsp3) is 0.621. The fourth-order valence-corrected chi connectivity index (χ4v) is 4.59. The zero-order valence-electron chi connectivity index (χ0n) is 25.3. The summed E-state index contributed by atoms with van der Waals surface area (Å²) in [6.07, 6.45) is -3.64. The first-order valence-corrected chi connectivity index (χ1v) is 13.8. The third-order valence-corrected chi connectivity index (χ3v) is 6.30. The van der Waals surface area contributed by atoms with Crippen LogP contribution in [0.5, 0.6) is 5.75 Å². The first-order chi connectivity index (χ1) is 19.5. The van der Waals surface area contributed by atoms with Crippen molar-refractivity contribution in [1.29, 1.82) is 0 Å². The van der Waals surface area contributed by atoms with Crippen LogP contribution in [0.2, 0.25) is 0 Å². The molecule has 232 valence electrons. The summed E-state index contributed by atoms with van der Waals surface area (Å²) in [7, 11) is 1.55. The standard InChI is InChI=1S/C29H41N3O10/c1-28(2,3)41-26(36)32-15-21(39-27(37)42-29(4,5)6)25(20(32)14-18-8-10-19(38-7)11-9-18)40-24(35)12-13-31-16-22(33)30-23(34)17-31/h8-11,20-21,25H,12-17H2,1-7H3,(H,30,33,34)/t20-,21+,25+/m1/s1. The zero-order chi connectivity index (χ0) is 31.2. The molecule has 2 aliphatic rings. The van der Waals surface area contributed by atoms with Crippen molar-refractivity contribution in [2.75, 3.05) is 33.3 Å². The first-order valence-electron chi connectivity index (χ1n) is 13.8. The van der Waals surface area contributed by atoms with Gasteiger partial charge in [-0.3, -0.25) is 29.5 Å². The minimum atomic E-state index is -1.06. The molecule has 1 aromatic carbocycles. The van der Waals surface area contributed by atoms with Gasteiger partial charge in [0.25, 0.3) is 0 Å². The minimum Gasteiger partial charge on any atom is -0.497 e. The van der Waals surface area contributed by atoms with E-state index in [4.69, 9.17) is 23.7 Å². The number of benzene rings is 1. The Hall–Kier alpha value is -3.87. The van der Waals surface area contributed by atoms with Crippen LogP contribution < -0.4 is 10.1 Å². The Morgan fingerprint density at radius 3 is 2.05 bits per heavy atom. The van der Waals surface area contributed by atoms with Crippen molar-refractivity contribution in [2.24, 2.45) is 0 Å². The number of rotatable bonds is 8. The second kappa shape index (κ2) is 13.4. The highest BCUT2D eigenvalue weighted by molar-refractivity contribution is 5.99. The number of nitrogens with one attached hydrogen (secondary N) is 1. The number of methoxy groups -OCH3 is 1. The van der Waals surface area contributed by atoms with Gasteiger partial charge >= 0.3 is 18.2 Å². The van der Waals surface area contributed by atoms with E-state index in [9.17, 15) is 24.0 Å². The highest BCUT2D eigenvalue weighted by Gasteiger charge is 2.50. The van der Waals surface area contributed by atoms with Gasteiger partial charge < -0.3 is 23.7 Å². The van der Waals surface area contributed by atoms with Gasteiger partial charge in [-0.1, -0.05) is 12.1 Å². The number of carbonyl (C=O) groups excluding carboxylic acids is 5. The monoisotopic (exact) mass is 591 g/mol. The van der Waals surface area contributed by atoms with E-state index in [2.05, 4.69) is 5.32 Å². The maximum atomic E-state index is 13.3. The summed E-state index contributed by atoms with van der Waals surface area (Å²) in [5.41, 5.74) is -0.838. The number of imide groups is 1. The maximum absolute atomic E-state index is 13.3. The molecule has 0 radical (unpaired) electrons. The second-order valence-electron chi connectivity index (χ2n) is 12.3. The van der Waals surface area contributed by atoms with Crippen LogP contribution in [-0.2, 0) is 39.8 Å². The van der Waals surface area contributed by atoms with Gasteiger partial charge in [-0.2, -0.15) is 0 Å². The molecule has 0 saturated carbocycles. The highest BCUT2D eigenvalue weighted by Crippen LogP contribution is 2.30. The van der Waals surface area contributed by atoms with Crippen LogP contribution in [0.1, 0.15) is 53.5 Å². The number of ether oxygens (including phenoxy) is 5. The van der Waals surface area contributed by atoms with Crippen molar-refractivity contribution in [3.8, 4) is 5.75 Å². The lowest BCUT2D eigenvalue weighted by molar-refractivity contribution is -0.157. The SMILES string of the molecule is COc1ccc(C[C@@H]2[C@H](OC(=O)CCN3CC(=O)NC(=O)C3)[C@@H](OC(=O)OC(C)(C)C)CN2C(=O)OC(C)(C)C)cc1. The summed E-state index contributed by atoms with van der Waals surface area (Å²) < 4.78 is 27.7. The molecule has 1 aromatic rings. The van der Waals surface area contributed by atoms with Gasteiger partial charge in [0, 0.05) is 6.54 Å². The van der Waals surface area contributed by atoms with Gasteiger partial charge in [0.15, 0.2) is 12.2 Å². The zero-order valence-corrected chi connectivity index (χ0v) is 25.3. The number of carbonyl (C=O) groups is 5. The molecule has 13 nitrogen and oxygen atoms in total.